The van der Waals surface area contributed by atoms with Gasteiger partial charge in [-0.2, -0.15) is 0 Å². The van der Waals surface area contributed by atoms with Crippen LogP contribution in [-0.2, 0) is 0 Å². The summed E-state index contributed by atoms with van der Waals surface area (Å²) in [4.78, 5) is 0. The highest BCUT2D eigenvalue weighted by Crippen LogP contribution is 2.43. The molecule has 0 spiro atoms. The van der Waals surface area contributed by atoms with E-state index in [1.807, 2.05) is 18.2 Å². The minimum Gasteiger partial charge on any atom is -0.134 e. The molecule has 21 heavy (non-hydrogen) atoms. The van der Waals surface area contributed by atoms with Gasteiger partial charge >= 0.3 is 0 Å². The van der Waals surface area contributed by atoms with Crippen LogP contribution in [0.5, 0.6) is 0 Å². The summed E-state index contributed by atoms with van der Waals surface area (Å²) in [5.41, 5.74) is 2.51. The summed E-state index contributed by atoms with van der Waals surface area (Å²) in [6, 6.07) is 21.0. The highest BCUT2D eigenvalue weighted by atomic mass is 79.9. The van der Waals surface area contributed by atoms with Crippen molar-refractivity contribution in [1.82, 2.24) is 0 Å². The van der Waals surface area contributed by atoms with Crippen LogP contribution in [-0.4, -0.2) is 0 Å². The van der Waals surface area contributed by atoms with E-state index in [2.05, 4.69) is 58.4 Å². The summed E-state index contributed by atoms with van der Waals surface area (Å²) < 4.78 is 3.63. The molecule has 0 atom stereocenters. The maximum atomic E-state index is 6.14. The normalized spacial score (nSPS) is 11.3. The molecule has 0 nitrogen and oxygen atoms in total. The van der Waals surface area contributed by atoms with Crippen molar-refractivity contribution in [1.29, 1.82) is 0 Å². The van der Waals surface area contributed by atoms with Crippen molar-refractivity contribution in [2.45, 2.75) is 0 Å². The Labute approximate surface area is 140 Å². The van der Waals surface area contributed by atoms with E-state index in [0.717, 1.165) is 9.50 Å². The predicted molar refractivity (Wildman–Crippen MR) is 97.5 cm³/mol. The topological polar surface area (TPSA) is 0 Å². The molecule has 0 bridgehead atoms. The third kappa shape index (κ3) is 2.18. The number of thiophene rings is 1. The lowest BCUT2D eigenvalue weighted by atomic mass is 10.00. The van der Waals surface area contributed by atoms with Crippen LogP contribution in [0, 0.1) is 0 Å². The van der Waals surface area contributed by atoms with Crippen molar-refractivity contribution < 1.29 is 0 Å². The maximum absolute atomic E-state index is 6.14. The Kier molecular flexibility index (Phi) is 3.26. The third-order valence-corrected chi connectivity index (χ3v) is 5.96. The molecular formula is C18H10BrClS. The highest BCUT2D eigenvalue weighted by Gasteiger charge is 2.13. The molecule has 1 aromatic heterocycles. The predicted octanol–water partition coefficient (Wildman–Crippen LogP) is 7.14. The van der Waals surface area contributed by atoms with Crippen LogP contribution in [0.15, 0.2) is 65.1 Å². The Hall–Kier alpha value is -1.35. The minimum atomic E-state index is 0.784. The molecule has 3 heteroatoms. The second kappa shape index (κ2) is 5.13. The standard InChI is InChI=1S/C18H10BrClS/c19-15-9-8-13(11-4-2-1-3-5-11)17-14-7-6-12(20)10-16(14)21-18(15)17/h1-10H. The van der Waals surface area contributed by atoms with Crippen LogP contribution in [0.3, 0.4) is 0 Å². The van der Waals surface area contributed by atoms with Gasteiger partial charge in [-0.15, -0.1) is 11.3 Å². The molecule has 0 N–H and O–H groups in total. The van der Waals surface area contributed by atoms with Crippen molar-refractivity contribution in [3.8, 4) is 11.1 Å². The average Bonchev–Trinajstić information content (AvgIpc) is 2.88. The smallest absolute Gasteiger partial charge is 0.0503 e. The van der Waals surface area contributed by atoms with Gasteiger partial charge in [0.2, 0.25) is 0 Å². The summed E-state index contributed by atoms with van der Waals surface area (Å²) >= 11 is 11.6. The Morgan fingerprint density at radius 2 is 1.71 bits per heavy atom. The Bertz CT molecular complexity index is 957. The molecule has 0 saturated carbocycles. The fourth-order valence-corrected chi connectivity index (χ4v) is 4.66. The van der Waals surface area contributed by atoms with Crippen LogP contribution in [0.2, 0.25) is 5.02 Å². The summed E-state index contributed by atoms with van der Waals surface area (Å²) in [5, 5.41) is 3.35. The van der Waals surface area contributed by atoms with Gasteiger partial charge in [0, 0.05) is 25.0 Å². The fraction of sp³-hybridized carbons (Fsp3) is 0. The van der Waals surface area contributed by atoms with Crippen molar-refractivity contribution >= 4 is 59.0 Å². The molecular weight excluding hydrogens is 364 g/mol. The minimum absolute atomic E-state index is 0.784. The van der Waals surface area contributed by atoms with Gasteiger partial charge in [0.25, 0.3) is 0 Å². The molecule has 102 valence electrons. The molecule has 3 aromatic carbocycles. The summed E-state index contributed by atoms with van der Waals surface area (Å²) in [7, 11) is 0. The molecule has 0 unspecified atom stereocenters. The van der Waals surface area contributed by atoms with Gasteiger partial charge in [-0.3, -0.25) is 0 Å². The van der Waals surface area contributed by atoms with E-state index in [1.165, 1.54) is 31.3 Å². The number of halogens is 2. The zero-order valence-electron chi connectivity index (χ0n) is 10.9. The zero-order valence-corrected chi connectivity index (χ0v) is 14.1. The lowest BCUT2D eigenvalue weighted by Gasteiger charge is -2.06. The van der Waals surface area contributed by atoms with E-state index in [-0.39, 0.29) is 0 Å². The van der Waals surface area contributed by atoms with E-state index in [0.29, 0.717) is 0 Å². The molecule has 0 aliphatic rings. The molecule has 0 fully saturated rings. The van der Waals surface area contributed by atoms with Crippen molar-refractivity contribution in [2.75, 3.05) is 0 Å². The molecule has 4 rings (SSSR count). The summed E-state index contributed by atoms with van der Waals surface area (Å²) in [6.45, 7) is 0. The Morgan fingerprint density at radius 1 is 0.905 bits per heavy atom. The SMILES string of the molecule is Clc1ccc2c(c1)sc1c(Br)ccc(-c3ccccc3)c12. The van der Waals surface area contributed by atoms with Crippen LogP contribution in [0.1, 0.15) is 0 Å². The number of hydrogen-bond acceptors (Lipinski definition) is 1. The molecule has 1 heterocycles. The van der Waals surface area contributed by atoms with E-state index in [4.69, 9.17) is 11.6 Å². The first-order valence-electron chi connectivity index (χ1n) is 6.60. The Balaban J connectivity index is 2.18. The van der Waals surface area contributed by atoms with Gasteiger partial charge in [-0.1, -0.05) is 54.1 Å². The van der Waals surface area contributed by atoms with Crippen molar-refractivity contribution in [3.05, 3.63) is 70.2 Å². The average molecular weight is 374 g/mol. The van der Waals surface area contributed by atoms with Crippen LogP contribution in [0.25, 0.3) is 31.3 Å². The first kappa shape index (κ1) is 13.3. The van der Waals surface area contributed by atoms with Crippen LogP contribution in [0.4, 0.5) is 0 Å². The molecule has 0 amide bonds. The zero-order chi connectivity index (χ0) is 14.4. The van der Waals surface area contributed by atoms with Gasteiger partial charge in [-0.25, -0.2) is 0 Å². The van der Waals surface area contributed by atoms with Crippen molar-refractivity contribution in [2.24, 2.45) is 0 Å². The van der Waals surface area contributed by atoms with Gasteiger partial charge in [0.1, 0.15) is 0 Å². The molecule has 0 radical (unpaired) electrons. The number of benzene rings is 3. The highest BCUT2D eigenvalue weighted by molar-refractivity contribution is 9.10. The van der Waals surface area contributed by atoms with Gasteiger partial charge < -0.3 is 0 Å². The first-order valence-corrected chi connectivity index (χ1v) is 8.58. The van der Waals surface area contributed by atoms with E-state index < -0.39 is 0 Å². The second-order valence-electron chi connectivity index (χ2n) is 4.91. The van der Waals surface area contributed by atoms with Gasteiger partial charge in [0.05, 0.1) is 4.70 Å². The van der Waals surface area contributed by atoms with Gasteiger partial charge in [0.15, 0.2) is 0 Å². The third-order valence-electron chi connectivity index (χ3n) is 3.62. The molecule has 0 aliphatic heterocycles. The van der Waals surface area contributed by atoms with E-state index in [1.54, 1.807) is 11.3 Å². The molecule has 0 saturated heterocycles. The van der Waals surface area contributed by atoms with Gasteiger partial charge in [-0.05, 0) is 45.3 Å². The first-order chi connectivity index (χ1) is 10.2. The van der Waals surface area contributed by atoms with Crippen molar-refractivity contribution in [3.63, 3.8) is 0 Å². The van der Waals surface area contributed by atoms with Crippen LogP contribution < -0.4 is 0 Å². The lowest BCUT2D eigenvalue weighted by Crippen LogP contribution is -1.79. The monoisotopic (exact) mass is 372 g/mol. The molecule has 4 aromatic rings. The largest absolute Gasteiger partial charge is 0.134 e. The quantitative estimate of drug-likeness (QED) is 0.332. The lowest BCUT2D eigenvalue weighted by molar-refractivity contribution is 1.66. The molecule has 0 aliphatic carbocycles. The summed E-state index contributed by atoms with van der Waals surface area (Å²) in [6.07, 6.45) is 0. The number of hydrogen-bond donors (Lipinski definition) is 0. The number of rotatable bonds is 1. The Morgan fingerprint density at radius 3 is 2.52 bits per heavy atom. The number of fused-ring (bicyclic) bond motifs is 3. The second-order valence-corrected chi connectivity index (χ2v) is 7.25. The van der Waals surface area contributed by atoms with E-state index >= 15 is 0 Å². The van der Waals surface area contributed by atoms with Crippen LogP contribution >= 0.6 is 38.9 Å². The van der Waals surface area contributed by atoms with E-state index in [9.17, 15) is 0 Å². The maximum Gasteiger partial charge on any atom is 0.0503 e. The summed E-state index contributed by atoms with van der Waals surface area (Å²) in [5.74, 6) is 0. The fourth-order valence-electron chi connectivity index (χ4n) is 2.68.